The summed E-state index contributed by atoms with van der Waals surface area (Å²) >= 11 is 0. The van der Waals surface area contributed by atoms with E-state index in [4.69, 9.17) is 14.6 Å². The van der Waals surface area contributed by atoms with Gasteiger partial charge in [-0.2, -0.15) is 0 Å². The number of carboxylic acid groups (broad SMARTS) is 1. The summed E-state index contributed by atoms with van der Waals surface area (Å²) in [4.78, 5) is 24.4. The maximum Gasteiger partial charge on any atom is 0.308 e. The number of aliphatic carboxylic acids is 1. The molecule has 6 heteroatoms. The van der Waals surface area contributed by atoms with Crippen LogP contribution in [0.5, 0.6) is 11.5 Å². The predicted octanol–water partition coefficient (Wildman–Crippen LogP) is 1.40. The molecule has 1 aliphatic rings. The number of amides is 1. The van der Waals surface area contributed by atoms with Gasteiger partial charge in [0.1, 0.15) is 0 Å². The van der Waals surface area contributed by atoms with Gasteiger partial charge in [-0.25, -0.2) is 0 Å². The van der Waals surface area contributed by atoms with E-state index >= 15 is 0 Å². The zero-order valence-corrected chi connectivity index (χ0v) is 11.9. The van der Waals surface area contributed by atoms with Crippen molar-refractivity contribution in [1.82, 2.24) is 4.90 Å². The number of hydrogen-bond acceptors (Lipinski definition) is 4. The summed E-state index contributed by atoms with van der Waals surface area (Å²) in [5.41, 5.74) is 0. The minimum atomic E-state index is -0.837. The predicted molar refractivity (Wildman–Crippen MR) is 75.4 cm³/mol. The van der Waals surface area contributed by atoms with Crippen molar-refractivity contribution >= 4 is 11.9 Å². The number of carbonyl (C=O) groups excluding carboxylic acids is 1. The van der Waals surface area contributed by atoms with Gasteiger partial charge in [-0.3, -0.25) is 9.59 Å². The molecule has 0 aromatic heterocycles. The van der Waals surface area contributed by atoms with E-state index in [1.807, 2.05) is 12.1 Å². The van der Waals surface area contributed by atoms with Crippen LogP contribution >= 0.6 is 0 Å². The molecule has 1 fully saturated rings. The summed E-state index contributed by atoms with van der Waals surface area (Å²) < 4.78 is 10.7. The second kappa shape index (κ2) is 6.97. The fourth-order valence-electron chi connectivity index (χ4n) is 2.33. The molecular weight excluding hydrogens is 274 g/mol. The number of para-hydroxylation sites is 2. The third-order valence-corrected chi connectivity index (χ3v) is 3.53. The Morgan fingerprint density at radius 1 is 1.33 bits per heavy atom. The summed E-state index contributed by atoms with van der Waals surface area (Å²) in [5.74, 6) is -0.136. The van der Waals surface area contributed by atoms with Crippen molar-refractivity contribution in [3.63, 3.8) is 0 Å². The molecule has 0 radical (unpaired) electrons. The monoisotopic (exact) mass is 293 g/mol. The SMILES string of the molecule is COc1ccccc1OCCC(=O)N1CC[C@@H](C(=O)O)C1. The molecule has 6 nitrogen and oxygen atoms in total. The first-order valence-electron chi connectivity index (χ1n) is 6.88. The molecule has 1 atom stereocenters. The van der Waals surface area contributed by atoms with Crippen LogP contribution in [-0.4, -0.2) is 48.7 Å². The molecule has 0 aliphatic carbocycles. The molecule has 0 unspecified atom stereocenters. The lowest BCUT2D eigenvalue weighted by atomic mass is 10.1. The van der Waals surface area contributed by atoms with Crippen LogP contribution in [0.15, 0.2) is 24.3 Å². The molecule has 1 heterocycles. The van der Waals surface area contributed by atoms with Crippen LogP contribution in [0.3, 0.4) is 0 Å². The molecule has 1 N–H and O–H groups in total. The summed E-state index contributed by atoms with van der Waals surface area (Å²) in [7, 11) is 1.56. The lowest BCUT2D eigenvalue weighted by molar-refractivity contribution is -0.141. The van der Waals surface area contributed by atoms with Gasteiger partial charge in [0.2, 0.25) is 5.91 Å². The minimum Gasteiger partial charge on any atom is -0.493 e. The topological polar surface area (TPSA) is 76.1 Å². The third kappa shape index (κ3) is 3.87. The normalized spacial score (nSPS) is 17.6. The average Bonchev–Trinajstić information content (AvgIpc) is 2.98. The summed E-state index contributed by atoms with van der Waals surface area (Å²) in [5, 5.41) is 8.92. The Morgan fingerprint density at radius 3 is 2.67 bits per heavy atom. The zero-order chi connectivity index (χ0) is 15.2. The van der Waals surface area contributed by atoms with Crippen molar-refractivity contribution < 1.29 is 24.2 Å². The highest BCUT2D eigenvalue weighted by atomic mass is 16.5. The van der Waals surface area contributed by atoms with E-state index in [1.165, 1.54) is 0 Å². The number of nitrogens with zero attached hydrogens (tertiary/aromatic N) is 1. The van der Waals surface area contributed by atoms with Crippen molar-refractivity contribution in [3.8, 4) is 11.5 Å². The van der Waals surface area contributed by atoms with Gasteiger partial charge in [-0.05, 0) is 18.6 Å². The van der Waals surface area contributed by atoms with Crippen LogP contribution in [0, 0.1) is 5.92 Å². The standard InChI is InChI=1S/C15H19NO5/c1-20-12-4-2-3-5-13(12)21-9-7-14(17)16-8-6-11(10-16)15(18)19/h2-5,11H,6-10H2,1H3,(H,18,19)/t11-/m1/s1. The van der Waals surface area contributed by atoms with E-state index in [9.17, 15) is 9.59 Å². The molecule has 114 valence electrons. The molecule has 2 rings (SSSR count). The molecule has 1 amide bonds. The second-order valence-electron chi connectivity index (χ2n) is 4.91. The minimum absolute atomic E-state index is 0.0753. The molecule has 1 aromatic rings. The number of likely N-dealkylation sites (tertiary alicyclic amines) is 1. The van der Waals surface area contributed by atoms with E-state index in [-0.39, 0.29) is 18.9 Å². The highest BCUT2D eigenvalue weighted by molar-refractivity contribution is 5.78. The van der Waals surface area contributed by atoms with Crippen molar-refractivity contribution in [2.24, 2.45) is 5.92 Å². The second-order valence-corrected chi connectivity index (χ2v) is 4.91. The molecule has 0 spiro atoms. The van der Waals surface area contributed by atoms with E-state index in [2.05, 4.69) is 0 Å². The zero-order valence-electron chi connectivity index (χ0n) is 11.9. The maximum atomic E-state index is 12.0. The molecule has 0 bridgehead atoms. The van der Waals surface area contributed by atoms with Crippen molar-refractivity contribution in [2.75, 3.05) is 26.8 Å². The summed E-state index contributed by atoms with van der Waals surface area (Å²) in [6.07, 6.45) is 0.749. The van der Waals surface area contributed by atoms with Gasteiger partial charge in [-0.15, -0.1) is 0 Å². The first-order valence-corrected chi connectivity index (χ1v) is 6.88. The summed E-state index contributed by atoms with van der Waals surface area (Å²) in [6.45, 7) is 1.04. The Balaban J connectivity index is 1.78. The third-order valence-electron chi connectivity index (χ3n) is 3.53. The van der Waals surface area contributed by atoms with Crippen LogP contribution in [0.2, 0.25) is 0 Å². The van der Waals surface area contributed by atoms with Gasteiger partial charge < -0.3 is 19.5 Å². The molecule has 1 aromatic carbocycles. The van der Waals surface area contributed by atoms with Crippen molar-refractivity contribution in [3.05, 3.63) is 24.3 Å². The highest BCUT2D eigenvalue weighted by Crippen LogP contribution is 2.26. The van der Waals surface area contributed by atoms with E-state index in [0.29, 0.717) is 31.0 Å². The smallest absolute Gasteiger partial charge is 0.308 e. The number of carboxylic acids is 1. The Kier molecular flexibility index (Phi) is 5.03. The Bertz CT molecular complexity index is 517. The van der Waals surface area contributed by atoms with Gasteiger partial charge in [0.15, 0.2) is 11.5 Å². The van der Waals surface area contributed by atoms with Gasteiger partial charge in [0.25, 0.3) is 0 Å². The number of rotatable bonds is 6. The van der Waals surface area contributed by atoms with Gasteiger partial charge >= 0.3 is 5.97 Å². The van der Waals surface area contributed by atoms with E-state index < -0.39 is 11.9 Å². The van der Waals surface area contributed by atoms with Crippen LogP contribution in [-0.2, 0) is 9.59 Å². The van der Waals surface area contributed by atoms with Crippen LogP contribution < -0.4 is 9.47 Å². The van der Waals surface area contributed by atoms with Gasteiger partial charge in [0.05, 0.1) is 26.1 Å². The Morgan fingerprint density at radius 2 is 2.05 bits per heavy atom. The Labute approximate surface area is 123 Å². The van der Waals surface area contributed by atoms with Crippen molar-refractivity contribution in [1.29, 1.82) is 0 Å². The molecular formula is C15H19NO5. The average molecular weight is 293 g/mol. The largest absolute Gasteiger partial charge is 0.493 e. The molecule has 1 aliphatic heterocycles. The van der Waals surface area contributed by atoms with Crippen LogP contribution in [0.25, 0.3) is 0 Å². The van der Waals surface area contributed by atoms with Gasteiger partial charge in [0, 0.05) is 13.1 Å². The van der Waals surface area contributed by atoms with Crippen LogP contribution in [0.1, 0.15) is 12.8 Å². The number of ether oxygens (including phenoxy) is 2. The van der Waals surface area contributed by atoms with Crippen molar-refractivity contribution in [2.45, 2.75) is 12.8 Å². The van der Waals surface area contributed by atoms with E-state index in [0.717, 1.165) is 0 Å². The lowest BCUT2D eigenvalue weighted by Crippen LogP contribution is -2.30. The molecule has 21 heavy (non-hydrogen) atoms. The number of methoxy groups -OCH3 is 1. The molecule has 1 saturated heterocycles. The number of hydrogen-bond donors (Lipinski definition) is 1. The lowest BCUT2D eigenvalue weighted by Gasteiger charge is -2.16. The van der Waals surface area contributed by atoms with E-state index in [1.54, 1.807) is 24.1 Å². The Hall–Kier alpha value is -2.24. The maximum absolute atomic E-state index is 12.0. The first kappa shape index (κ1) is 15.2. The fraction of sp³-hybridized carbons (Fsp3) is 0.467. The summed E-state index contributed by atoms with van der Waals surface area (Å²) in [6, 6.07) is 7.24. The quantitative estimate of drug-likeness (QED) is 0.858. The first-order chi connectivity index (χ1) is 10.1. The fourth-order valence-corrected chi connectivity index (χ4v) is 2.33. The number of benzene rings is 1. The van der Waals surface area contributed by atoms with Gasteiger partial charge in [-0.1, -0.05) is 12.1 Å². The molecule has 0 saturated carbocycles. The number of carbonyl (C=O) groups is 2. The van der Waals surface area contributed by atoms with Crippen LogP contribution in [0.4, 0.5) is 0 Å². The highest BCUT2D eigenvalue weighted by Gasteiger charge is 2.30.